The van der Waals surface area contributed by atoms with Gasteiger partial charge in [-0.15, -0.1) is 0 Å². The molecule has 1 rings (SSSR count). The highest BCUT2D eigenvalue weighted by Crippen LogP contribution is 2.05. The molecule has 10 heavy (non-hydrogen) atoms. The van der Waals surface area contributed by atoms with Crippen molar-refractivity contribution < 1.29 is 9.90 Å². The van der Waals surface area contributed by atoms with Crippen LogP contribution in [0.25, 0.3) is 0 Å². The van der Waals surface area contributed by atoms with Crippen molar-refractivity contribution in [3.8, 4) is 0 Å². The molecule has 54 valence electrons. The van der Waals surface area contributed by atoms with E-state index in [9.17, 15) is 4.79 Å². The van der Waals surface area contributed by atoms with Crippen LogP contribution in [0.15, 0.2) is 9.98 Å². The average molecular weight is 140 g/mol. The molecule has 1 aliphatic heterocycles. The summed E-state index contributed by atoms with van der Waals surface area (Å²) in [5, 5.41) is 8.36. The van der Waals surface area contributed by atoms with Gasteiger partial charge in [-0.3, -0.25) is 9.79 Å². The number of hydrogen-bond donors (Lipinski definition) is 1. The molecule has 4 nitrogen and oxygen atoms in total. The lowest BCUT2D eigenvalue weighted by molar-refractivity contribution is -0.137. The Labute approximate surface area is 58.3 Å². The quantitative estimate of drug-likeness (QED) is 0.600. The summed E-state index contributed by atoms with van der Waals surface area (Å²) in [5.74, 6) is -0.835. The second-order valence-electron chi connectivity index (χ2n) is 2.15. The van der Waals surface area contributed by atoms with Gasteiger partial charge in [0.25, 0.3) is 0 Å². The molecule has 0 saturated heterocycles. The minimum absolute atomic E-state index is 0.0475. The SMILES string of the molecule is CC1=NC=N[C@H]1CC(=O)O. The first-order chi connectivity index (χ1) is 4.70. The molecule has 0 aromatic carbocycles. The maximum Gasteiger partial charge on any atom is 0.305 e. The van der Waals surface area contributed by atoms with Crippen LogP contribution >= 0.6 is 0 Å². The van der Waals surface area contributed by atoms with Crippen molar-refractivity contribution in [2.45, 2.75) is 19.4 Å². The smallest absolute Gasteiger partial charge is 0.305 e. The molecular weight excluding hydrogens is 132 g/mol. The Hall–Kier alpha value is -1.19. The number of carboxylic acids is 1. The summed E-state index contributed by atoms with van der Waals surface area (Å²) in [6, 6.07) is -0.225. The highest BCUT2D eigenvalue weighted by molar-refractivity contribution is 5.99. The second kappa shape index (κ2) is 2.60. The standard InChI is InChI=1S/C6H8N2O2/c1-4-5(2-6(9)10)8-3-7-4/h3,5H,2H2,1H3,(H,9,10)/t5-/m0/s1. The van der Waals surface area contributed by atoms with E-state index in [4.69, 9.17) is 5.11 Å². The first kappa shape index (κ1) is 6.92. The molecule has 0 aromatic rings. The Bertz CT molecular complexity index is 208. The van der Waals surface area contributed by atoms with Crippen molar-refractivity contribution in [2.24, 2.45) is 9.98 Å². The van der Waals surface area contributed by atoms with Crippen LogP contribution in [0.4, 0.5) is 0 Å². The Morgan fingerprint density at radius 1 is 1.90 bits per heavy atom. The zero-order valence-electron chi connectivity index (χ0n) is 5.61. The van der Waals surface area contributed by atoms with Crippen molar-refractivity contribution in [3.05, 3.63) is 0 Å². The van der Waals surface area contributed by atoms with Crippen LogP contribution in [0.3, 0.4) is 0 Å². The van der Waals surface area contributed by atoms with Crippen LogP contribution < -0.4 is 0 Å². The molecular formula is C6H8N2O2. The predicted octanol–water partition coefficient (Wildman–Crippen LogP) is 0.333. The molecule has 0 aliphatic carbocycles. The van der Waals surface area contributed by atoms with Gasteiger partial charge in [-0.2, -0.15) is 0 Å². The van der Waals surface area contributed by atoms with Gasteiger partial charge in [0.2, 0.25) is 0 Å². The van der Waals surface area contributed by atoms with Crippen LogP contribution in [0.5, 0.6) is 0 Å². The molecule has 1 aliphatic rings. The van der Waals surface area contributed by atoms with E-state index < -0.39 is 5.97 Å². The van der Waals surface area contributed by atoms with Gasteiger partial charge >= 0.3 is 5.97 Å². The minimum atomic E-state index is -0.835. The predicted molar refractivity (Wildman–Crippen MR) is 37.6 cm³/mol. The average Bonchev–Trinajstić information content (AvgIpc) is 2.15. The Morgan fingerprint density at radius 2 is 2.60 bits per heavy atom. The zero-order chi connectivity index (χ0) is 7.56. The topological polar surface area (TPSA) is 62.0 Å². The normalized spacial score (nSPS) is 22.9. The van der Waals surface area contributed by atoms with E-state index in [0.717, 1.165) is 5.71 Å². The Balaban J connectivity index is 2.51. The second-order valence-corrected chi connectivity index (χ2v) is 2.15. The number of hydrogen-bond acceptors (Lipinski definition) is 3. The van der Waals surface area contributed by atoms with Gasteiger partial charge in [0.15, 0.2) is 0 Å². The van der Waals surface area contributed by atoms with Gasteiger partial charge in [0, 0.05) is 5.71 Å². The van der Waals surface area contributed by atoms with E-state index in [1.54, 1.807) is 6.92 Å². The van der Waals surface area contributed by atoms with E-state index in [1.807, 2.05) is 0 Å². The molecule has 0 aromatic heterocycles. The number of aliphatic carboxylic acids is 1. The summed E-state index contributed by atoms with van der Waals surface area (Å²) >= 11 is 0. The van der Waals surface area contributed by atoms with Gasteiger partial charge in [0.1, 0.15) is 12.4 Å². The third-order valence-electron chi connectivity index (χ3n) is 1.36. The Morgan fingerprint density at radius 3 is 3.00 bits per heavy atom. The van der Waals surface area contributed by atoms with Crippen molar-refractivity contribution in [1.29, 1.82) is 0 Å². The summed E-state index contributed by atoms with van der Waals surface area (Å²) in [4.78, 5) is 17.9. The van der Waals surface area contributed by atoms with E-state index in [1.165, 1.54) is 6.34 Å². The van der Waals surface area contributed by atoms with Crippen molar-refractivity contribution in [1.82, 2.24) is 0 Å². The van der Waals surface area contributed by atoms with Crippen molar-refractivity contribution in [2.75, 3.05) is 0 Å². The summed E-state index contributed by atoms with van der Waals surface area (Å²) in [7, 11) is 0. The number of carboxylic acid groups (broad SMARTS) is 1. The first-order valence-electron chi connectivity index (χ1n) is 2.98. The van der Waals surface area contributed by atoms with E-state index in [0.29, 0.717) is 0 Å². The molecule has 0 radical (unpaired) electrons. The summed E-state index contributed by atoms with van der Waals surface area (Å²) < 4.78 is 0. The molecule has 0 amide bonds. The van der Waals surface area contributed by atoms with Gasteiger partial charge in [-0.05, 0) is 6.92 Å². The molecule has 0 bridgehead atoms. The lowest BCUT2D eigenvalue weighted by Crippen LogP contribution is -2.16. The molecule has 0 spiro atoms. The Kier molecular flexibility index (Phi) is 1.80. The van der Waals surface area contributed by atoms with E-state index >= 15 is 0 Å². The number of carbonyl (C=O) groups is 1. The number of aliphatic imine (C=N–C) groups is 2. The van der Waals surface area contributed by atoms with Crippen LogP contribution in [-0.4, -0.2) is 29.2 Å². The first-order valence-corrected chi connectivity index (χ1v) is 2.98. The lowest BCUT2D eigenvalue weighted by Gasteiger charge is -2.01. The van der Waals surface area contributed by atoms with Gasteiger partial charge in [-0.25, -0.2) is 4.99 Å². The third-order valence-corrected chi connectivity index (χ3v) is 1.36. The van der Waals surface area contributed by atoms with Gasteiger partial charge in [-0.1, -0.05) is 0 Å². The summed E-state index contributed by atoms with van der Waals surface area (Å²) in [6.07, 6.45) is 1.45. The van der Waals surface area contributed by atoms with Crippen molar-refractivity contribution >= 4 is 18.0 Å². The third kappa shape index (κ3) is 1.40. The van der Waals surface area contributed by atoms with E-state index in [2.05, 4.69) is 9.98 Å². The monoisotopic (exact) mass is 140 g/mol. The molecule has 0 saturated carbocycles. The van der Waals surface area contributed by atoms with Gasteiger partial charge in [0.05, 0.1) is 6.42 Å². The fourth-order valence-electron chi connectivity index (χ4n) is 0.765. The molecule has 4 heteroatoms. The maximum atomic E-state index is 10.2. The van der Waals surface area contributed by atoms with Gasteiger partial charge < -0.3 is 5.11 Å². The maximum absolute atomic E-state index is 10.2. The molecule has 0 unspecified atom stereocenters. The largest absolute Gasteiger partial charge is 0.481 e. The molecule has 1 atom stereocenters. The molecule has 1 N–H and O–H groups in total. The fraction of sp³-hybridized carbons (Fsp3) is 0.500. The summed E-state index contributed by atoms with van der Waals surface area (Å²) in [6.45, 7) is 1.78. The van der Waals surface area contributed by atoms with Crippen LogP contribution in [-0.2, 0) is 4.79 Å². The molecule has 1 heterocycles. The number of rotatable bonds is 2. The van der Waals surface area contributed by atoms with E-state index in [-0.39, 0.29) is 12.5 Å². The minimum Gasteiger partial charge on any atom is -0.481 e. The number of nitrogens with zero attached hydrogens (tertiary/aromatic N) is 2. The van der Waals surface area contributed by atoms with Crippen LogP contribution in [0.2, 0.25) is 0 Å². The van der Waals surface area contributed by atoms with Crippen LogP contribution in [0.1, 0.15) is 13.3 Å². The van der Waals surface area contributed by atoms with Crippen molar-refractivity contribution in [3.63, 3.8) is 0 Å². The summed E-state index contributed by atoms with van der Waals surface area (Å²) in [5.41, 5.74) is 0.780. The van der Waals surface area contributed by atoms with Crippen LogP contribution in [0, 0.1) is 0 Å². The zero-order valence-corrected chi connectivity index (χ0v) is 5.61. The highest BCUT2D eigenvalue weighted by Gasteiger charge is 2.16. The lowest BCUT2D eigenvalue weighted by atomic mass is 10.1. The fourth-order valence-corrected chi connectivity index (χ4v) is 0.765. The highest BCUT2D eigenvalue weighted by atomic mass is 16.4. The molecule has 0 fully saturated rings.